The van der Waals surface area contributed by atoms with Gasteiger partial charge in [-0.05, 0) is 77.9 Å². The Labute approximate surface area is 169 Å². The Kier molecular flexibility index (Phi) is 4.21. The quantitative estimate of drug-likeness (QED) is 0.534. The van der Waals surface area contributed by atoms with Gasteiger partial charge in [-0.1, -0.05) is 34.6 Å². The third kappa shape index (κ3) is 2.55. The van der Waals surface area contributed by atoms with E-state index in [1.807, 2.05) is 0 Å². The van der Waals surface area contributed by atoms with Gasteiger partial charge in [0.2, 0.25) is 6.10 Å². The minimum Gasteiger partial charge on any atom is -0.463 e. The van der Waals surface area contributed by atoms with Crippen LogP contribution in [0, 0.1) is 64.6 Å². The molecular weight excluding hydrogens is 352 g/mol. The first-order valence-electron chi connectivity index (χ1n) is 11.6. The van der Waals surface area contributed by atoms with E-state index in [9.17, 15) is 9.59 Å². The maximum absolute atomic E-state index is 13.0. The lowest BCUT2D eigenvalue weighted by Crippen LogP contribution is -2.47. The molecule has 10 unspecified atom stereocenters. The van der Waals surface area contributed by atoms with Crippen LogP contribution in [0.2, 0.25) is 0 Å². The fourth-order valence-electron chi connectivity index (χ4n) is 8.88. The molecule has 0 amide bonds. The molecule has 4 saturated carbocycles. The first-order valence-corrected chi connectivity index (χ1v) is 11.6. The number of carbonyl (C=O) groups excluding carboxylic acids is 2. The van der Waals surface area contributed by atoms with Crippen LogP contribution in [-0.2, 0) is 19.1 Å². The van der Waals surface area contributed by atoms with Crippen LogP contribution in [0.15, 0.2) is 0 Å². The van der Waals surface area contributed by atoms with Gasteiger partial charge in [0.05, 0.1) is 12.5 Å². The molecule has 156 valence electrons. The van der Waals surface area contributed by atoms with Crippen molar-refractivity contribution in [1.82, 2.24) is 0 Å². The fourth-order valence-corrected chi connectivity index (χ4v) is 8.88. The number of cyclic esters (lactones) is 1. The molecule has 1 heterocycles. The van der Waals surface area contributed by atoms with E-state index in [4.69, 9.17) is 9.47 Å². The Balaban J connectivity index is 1.37. The standard InChI is InChI=1S/C24H36O4/c1-11(2)18-15-10-16(21(18)24(3,4)5)20-13-8-12(19(15)20)9-14(13)22(25)28-17-6-7-27-23(17)26/h11-21H,6-10H2,1-5H3. The summed E-state index contributed by atoms with van der Waals surface area (Å²) >= 11 is 0. The molecule has 4 aliphatic carbocycles. The van der Waals surface area contributed by atoms with Gasteiger partial charge in [-0.3, -0.25) is 4.79 Å². The van der Waals surface area contributed by atoms with Gasteiger partial charge in [0.1, 0.15) is 0 Å². The smallest absolute Gasteiger partial charge is 0.347 e. The lowest BCUT2D eigenvalue weighted by atomic mass is 9.54. The molecular formula is C24H36O4. The van der Waals surface area contributed by atoms with Crippen LogP contribution in [-0.4, -0.2) is 24.6 Å². The molecule has 1 aliphatic heterocycles. The van der Waals surface area contributed by atoms with Crippen LogP contribution in [0.4, 0.5) is 0 Å². The number of carbonyl (C=O) groups is 2. The predicted molar refractivity (Wildman–Crippen MR) is 105 cm³/mol. The summed E-state index contributed by atoms with van der Waals surface area (Å²) < 4.78 is 10.6. The number of ether oxygens (including phenoxy) is 2. The highest BCUT2D eigenvalue weighted by molar-refractivity contribution is 5.81. The van der Waals surface area contributed by atoms with Crippen LogP contribution >= 0.6 is 0 Å². The average molecular weight is 389 g/mol. The van der Waals surface area contributed by atoms with Gasteiger partial charge in [-0.2, -0.15) is 0 Å². The molecule has 0 aromatic heterocycles. The lowest BCUT2D eigenvalue weighted by molar-refractivity contribution is -0.166. The highest BCUT2D eigenvalue weighted by Gasteiger charge is 2.69. The summed E-state index contributed by atoms with van der Waals surface area (Å²) in [6.45, 7) is 12.5. The lowest BCUT2D eigenvalue weighted by Gasteiger charge is -2.50. The zero-order valence-electron chi connectivity index (χ0n) is 18.0. The van der Waals surface area contributed by atoms with E-state index in [0.29, 0.717) is 36.2 Å². The Morgan fingerprint density at radius 2 is 1.82 bits per heavy atom. The molecule has 10 atom stereocenters. The van der Waals surface area contributed by atoms with Gasteiger partial charge < -0.3 is 9.47 Å². The highest BCUT2D eigenvalue weighted by atomic mass is 16.6. The molecule has 28 heavy (non-hydrogen) atoms. The fraction of sp³-hybridized carbons (Fsp3) is 0.917. The van der Waals surface area contributed by atoms with Gasteiger partial charge in [0.15, 0.2) is 0 Å². The number of esters is 2. The van der Waals surface area contributed by atoms with Crippen molar-refractivity contribution in [3.8, 4) is 0 Å². The van der Waals surface area contributed by atoms with Crippen molar-refractivity contribution in [2.24, 2.45) is 64.6 Å². The number of hydrogen-bond donors (Lipinski definition) is 0. The Morgan fingerprint density at radius 1 is 1.07 bits per heavy atom. The van der Waals surface area contributed by atoms with Crippen molar-refractivity contribution in [3.05, 3.63) is 0 Å². The van der Waals surface area contributed by atoms with Gasteiger partial charge in [-0.15, -0.1) is 0 Å². The first kappa shape index (κ1) is 18.9. The Bertz CT molecular complexity index is 677. The zero-order chi connectivity index (χ0) is 20.0. The van der Waals surface area contributed by atoms with Crippen molar-refractivity contribution >= 4 is 11.9 Å². The van der Waals surface area contributed by atoms with Crippen LogP contribution in [0.3, 0.4) is 0 Å². The molecule has 4 nitrogen and oxygen atoms in total. The molecule has 0 aromatic carbocycles. The zero-order valence-corrected chi connectivity index (χ0v) is 18.0. The molecule has 0 N–H and O–H groups in total. The van der Waals surface area contributed by atoms with Gasteiger partial charge in [0, 0.05) is 6.42 Å². The van der Waals surface area contributed by atoms with Crippen LogP contribution in [0.1, 0.15) is 60.3 Å². The number of fused-ring (bicyclic) bond motifs is 9. The van der Waals surface area contributed by atoms with E-state index in [1.54, 1.807) is 0 Å². The van der Waals surface area contributed by atoms with Crippen molar-refractivity contribution < 1.29 is 19.1 Å². The molecule has 0 spiro atoms. The molecule has 5 fully saturated rings. The van der Waals surface area contributed by atoms with Crippen molar-refractivity contribution in [2.75, 3.05) is 6.61 Å². The minimum absolute atomic E-state index is 0.0112. The maximum Gasteiger partial charge on any atom is 0.347 e. The summed E-state index contributed by atoms with van der Waals surface area (Å²) in [5.41, 5.74) is 0.324. The SMILES string of the molecule is CC(C)C1C2CC(C3C4CC(CC4C(=O)OC4CCOC4=O)C23)C1C(C)(C)C. The summed E-state index contributed by atoms with van der Waals surface area (Å²) in [5, 5.41) is 0. The summed E-state index contributed by atoms with van der Waals surface area (Å²) in [5.74, 6) is 6.22. The van der Waals surface area contributed by atoms with E-state index < -0.39 is 6.10 Å². The molecule has 0 radical (unpaired) electrons. The first-order chi connectivity index (χ1) is 13.2. The third-order valence-corrected chi connectivity index (χ3v) is 9.25. The second kappa shape index (κ2) is 6.22. The molecule has 5 aliphatic rings. The van der Waals surface area contributed by atoms with E-state index in [0.717, 1.165) is 41.9 Å². The van der Waals surface area contributed by atoms with E-state index in [1.165, 1.54) is 12.8 Å². The summed E-state index contributed by atoms with van der Waals surface area (Å²) in [7, 11) is 0. The number of rotatable bonds is 3. The van der Waals surface area contributed by atoms with Gasteiger partial charge in [-0.25, -0.2) is 4.79 Å². The van der Waals surface area contributed by atoms with Crippen LogP contribution in [0.25, 0.3) is 0 Å². The normalized spacial score (nSPS) is 49.0. The molecule has 4 bridgehead atoms. The Morgan fingerprint density at radius 3 is 2.43 bits per heavy atom. The van der Waals surface area contributed by atoms with Gasteiger partial charge >= 0.3 is 11.9 Å². The second-order valence-electron chi connectivity index (χ2n) is 11.8. The van der Waals surface area contributed by atoms with E-state index in [-0.39, 0.29) is 17.9 Å². The van der Waals surface area contributed by atoms with Crippen molar-refractivity contribution in [1.29, 1.82) is 0 Å². The highest BCUT2D eigenvalue weighted by Crippen LogP contribution is 2.74. The van der Waals surface area contributed by atoms with Crippen molar-refractivity contribution in [3.63, 3.8) is 0 Å². The Hall–Kier alpha value is -1.06. The third-order valence-electron chi connectivity index (χ3n) is 9.25. The molecule has 1 saturated heterocycles. The van der Waals surface area contributed by atoms with Crippen molar-refractivity contribution in [2.45, 2.75) is 66.4 Å². The molecule has 0 aromatic rings. The predicted octanol–water partition coefficient (Wildman–Crippen LogP) is 4.32. The maximum atomic E-state index is 13.0. The summed E-state index contributed by atoms with van der Waals surface area (Å²) in [6.07, 6.45) is 3.43. The molecule has 5 rings (SSSR count). The molecule has 4 heteroatoms. The topological polar surface area (TPSA) is 52.6 Å². The van der Waals surface area contributed by atoms with Crippen LogP contribution < -0.4 is 0 Å². The minimum atomic E-state index is -0.657. The average Bonchev–Trinajstić information content (AvgIpc) is 3.38. The largest absolute Gasteiger partial charge is 0.463 e. The van der Waals surface area contributed by atoms with E-state index >= 15 is 0 Å². The number of hydrogen-bond acceptors (Lipinski definition) is 4. The second-order valence-corrected chi connectivity index (χ2v) is 11.8. The summed E-state index contributed by atoms with van der Waals surface area (Å²) in [6, 6.07) is 0. The monoisotopic (exact) mass is 388 g/mol. The van der Waals surface area contributed by atoms with E-state index in [2.05, 4.69) is 34.6 Å². The van der Waals surface area contributed by atoms with Gasteiger partial charge in [0.25, 0.3) is 0 Å². The van der Waals surface area contributed by atoms with Crippen LogP contribution in [0.5, 0.6) is 0 Å². The summed E-state index contributed by atoms with van der Waals surface area (Å²) in [4.78, 5) is 24.7.